The molecule has 0 aliphatic heterocycles. The Morgan fingerprint density at radius 1 is 1.00 bits per heavy atom. The van der Waals surface area contributed by atoms with Crippen LogP contribution in [-0.4, -0.2) is 37.6 Å². The standard InChI is InChI=1S/C15H34N2/c1-8-13(5)10-14(9-2)16-11-15(12(3)4)17(6)7/h12-16H,8-11H2,1-7H3. The van der Waals surface area contributed by atoms with E-state index >= 15 is 0 Å². The molecule has 3 unspecified atom stereocenters. The van der Waals surface area contributed by atoms with E-state index in [2.05, 4.69) is 58.9 Å². The van der Waals surface area contributed by atoms with Crippen LogP contribution in [-0.2, 0) is 0 Å². The van der Waals surface area contributed by atoms with Gasteiger partial charge in [0.2, 0.25) is 0 Å². The lowest BCUT2D eigenvalue weighted by Crippen LogP contribution is -2.45. The summed E-state index contributed by atoms with van der Waals surface area (Å²) in [4.78, 5) is 2.34. The van der Waals surface area contributed by atoms with Gasteiger partial charge in [-0.3, -0.25) is 0 Å². The third kappa shape index (κ3) is 7.05. The summed E-state index contributed by atoms with van der Waals surface area (Å²) in [6.07, 6.45) is 3.84. The lowest BCUT2D eigenvalue weighted by Gasteiger charge is -2.30. The zero-order chi connectivity index (χ0) is 13.4. The summed E-state index contributed by atoms with van der Waals surface area (Å²) in [6, 6.07) is 1.33. The quantitative estimate of drug-likeness (QED) is 0.667. The van der Waals surface area contributed by atoms with Gasteiger partial charge < -0.3 is 10.2 Å². The molecule has 1 N–H and O–H groups in total. The fourth-order valence-electron chi connectivity index (χ4n) is 2.35. The summed E-state index contributed by atoms with van der Waals surface area (Å²) in [6.45, 7) is 12.7. The smallest absolute Gasteiger partial charge is 0.0237 e. The van der Waals surface area contributed by atoms with Gasteiger partial charge in [-0.25, -0.2) is 0 Å². The highest BCUT2D eigenvalue weighted by Gasteiger charge is 2.17. The minimum absolute atomic E-state index is 0.640. The average molecular weight is 242 g/mol. The van der Waals surface area contributed by atoms with E-state index in [1.807, 2.05) is 0 Å². The van der Waals surface area contributed by atoms with Crippen LogP contribution in [0.25, 0.3) is 0 Å². The van der Waals surface area contributed by atoms with Gasteiger partial charge in [0.15, 0.2) is 0 Å². The lowest BCUT2D eigenvalue weighted by molar-refractivity contribution is 0.213. The number of likely N-dealkylation sites (N-methyl/N-ethyl adjacent to an activating group) is 1. The molecule has 0 aromatic carbocycles. The van der Waals surface area contributed by atoms with Crippen LogP contribution in [0, 0.1) is 11.8 Å². The second-order valence-corrected chi connectivity index (χ2v) is 6.04. The molecule has 0 saturated heterocycles. The average Bonchev–Trinajstić information content (AvgIpc) is 2.26. The maximum atomic E-state index is 3.76. The fraction of sp³-hybridized carbons (Fsp3) is 1.00. The second-order valence-electron chi connectivity index (χ2n) is 6.04. The molecule has 2 nitrogen and oxygen atoms in total. The Balaban J connectivity index is 4.11. The maximum absolute atomic E-state index is 3.76. The van der Waals surface area contributed by atoms with Crippen LogP contribution in [0.1, 0.15) is 53.9 Å². The summed E-state index contributed by atoms with van der Waals surface area (Å²) in [5, 5.41) is 3.76. The molecule has 0 rings (SSSR count). The number of rotatable bonds is 9. The molecular formula is C15H34N2. The normalized spacial score (nSPS) is 17.5. The van der Waals surface area contributed by atoms with Crippen molar-refractivity contribution in [2.45, 2.75) is 66.0 Å². The van der Waals surface area contributed by atoms with Gasteiger partial charge in [0.25, 0.3) is 0 Å². The van der Waals surface area contributed by atoms with Crippen LogP contribution in [0.5, 0.6) is 0 Å². The van der Waals surface area contributed by atoms with Crippen LogP contribution in [0.3, 0.4) is 0 Å². The Morgan fingerprint density at radius 2 is 1.59 bits per heavy atom. The first-order valence-corrected chi connectivity index (χ1v) is 7.32. The molecule has 0 heterocycles. The predicted molar refractivity (Wildman–Crippen MR) is 78.5 cm³/mol. The summed E-state index contributed by atoms with van der Waals surface area (Å²) >= 11 is 0. The summed E-state index contributed by atoms with van der Waals surface area (Å²) in [5.41, 5.74) is 0. The van der Waals surface area contributed by atoms with Crippen molar-refractivity contribution in [3.8, 4) is 0 Å². The molecule has 0 aliphatic rings. The molecule has 0 saturated carbocycles. The first kappa shape index (κ1) is 16.9. The number of hydrogen-bond acceptors (Lipinski definition) is 2. The van der Waals surface area contributed by atoms with Crippen molar-refractivity contribution in [3.63, 3.8) is 0 Å². The van der Waals surface area contributed by atoms with Gasteiger partial charge in [0.05, 0.1) is 0 Å². The molecule has 0 aliphatic carbocycles. The fourth-order valence-corrected chi connectivity index (χ4v) is 2.35. The third-order valence-electron chi connectivity index (χ3n) is 3.93. The summed E-state index contributed by atoms with van der Waals surface area (Å²) in [5.74, 6) is 1.54. The zero-order valence-corrected chi connectivity index (χ0v) is 13.1. The SMILES string of the molecule is CCC(C)CC(CC)NCC(C(C)C)N(C)C. The zero-order valence-electron chi connectivity index (χ0n) is 13.1. The molecule has 104 valence electrons. The number of nitrogens with one attached hydrogen (secondary N) is 1. The maximum Gasteiger partial charge on any atom is 0.0237 e. The Labute approximate surface area is 109 Å². The topological polar surface area (TPSA) is 15.3 Å². The molecule has 3 atom stereocenters. The highest BCUT2D eigenvalue weighted by atomic mass is 15.1. The van der Waals surface area contributed by atoms with E-state index in [1.165, 1.54) is 19.3 Å². The third-order valence-corrected chi connectivity index (χ3v) is 3.93. The van der Waals surface area contributed by atoms with Crippen molar-refractivity contribution in [2.24, 2.45) is 11.8 Å². The Hall–Kier alpha value is -0.0800. The van der Waals surface area contributed by atoms with Crippen molar-refractivity contribution in [2.75, 3.05) is 20.6 Å². The molecule has 0 amide bonds. The van der Waals surface area contributed by atoms with Crippen LogP contribution >= 0.6 is 0 Å². The monoisotopic (exact) mass is 242 g/mol. The predicted octanol–water partition coefficient (Wildman–Crippen LogP) is 3.38. The Kier molecular flexibility index (Phi) is 8.89. The highest BCUT2D eigenvalue weighted by Crippen LogP contribution is 2.13. The molecule has 0 fully saturated rings. The van der Waals surface area contributed by atoms with Gasteiger partial charge in [-0.15, -0.1) is 0 Å². The minimum Gasteiger partial charge on any atom is -0.312 e. The molecule has 0 spiro atoms. The first-order chi connectivity index (χ1) is 7.92. The van der Waals surface area contributed by atoms with E-state index in [0.717, 1.165) is 12.5 Å². The molecule has 0 aromatic rings. The van der Waals surface area contributed by atoms with E-state index in [9.17, 15) is 0 Å². The Morgan fingerprint density at radius 3 is 1.94 bits per heavy atom. The van der Waals surface area contributed by atoms with Crippen LogP contribution in [0.4, 0.5) is 0 Å². The molecule has 0 bridgehead atoms. The van der Waals surface area contributed by atoms with Crippen molar-refractivity contribution in [1.82, 2.24) is 10.2 Å². The van der Waals surface area contributed by atoms with Crippen molar-refractivity contribution in [1.29, 1.82) is 0 Å². The van der Waals surface area contributed by atoms with E-state index in [1.54, 1.807) is 0 Å². The number of hydrogen-bond donors (Lipinski definition) is 1. The van der Waals surface area contributed by atoms with E-state index in [4.69, 9.17) is 0 Å². The number of nitrogens with zero attached hydrogens (tertiary/aromatic N) is 1. The van der Waals surface area contributed by atoms with Gasteiger partial charge in [-0.2, -0.15) is 0 Å². The lowest BCUT2D eigenvalue weighted by atomic mass is 9.96. The van der Waals surface area contributed by atoms with E-state index < -0.39 is 0 Å². The summed E-state index contributed by atoms with van der Waals surface area (Å²) in [7, 11) is 4.37. The van der Waals surface area contributed by atoms with Gasteiger partial charge >= 0.3 is 0 Å². The second kappa shape index (κ2) is 8.93. The van der Waals surface area contributed by atoms with Crippen LogP contribution in [0.15, 0.2) is 0 Å². The van der Waals surface area contributed by atoms with Gasteiger partial charge in [-0.1, -0.05) is 41.0 Å². The van der Waals surface area contributed by atoms with Gasteiger partial charge in [-0.05, 0) is 38.8 Å². The van der Waals surface area contributed by atoms with Crippen LogP contribution in [0.2, 0.25) is 0 Å². The van der Waals surface area contributed by atoms with E-state index in [-0.39, 0.29) is 0 Å². The van der Waals surface area contributed by atoms with Gasteiger partial charge in [0.1, 0.15) is 0 Å². The van der Waals surface area contributed by atoms with E-state index in [0.29, 0.717) is 18.0 Å². The highest BCUT2D eigenvalue weighted by molar-refractivity contribution is 4.76. The first-order valence-electron chi connectivity index (χ1n) is 7.32. The Bertz CT molecular complexity index is 170. The van der Waals surface area contributed by atoms with Gasteiger partial charge in [0, 0.05) is 18.6 Å². The minimum atomic E-state index is 0.640. The van der Waals surface area contributed by atoms with Crippen molar-refractivity contribution in [3.05, 3.63) is 0 Å². The largest absolute Gasteiger partial charge is 0.312 e. The van der Waals surface area contributed by atoms with Crippen LogP contribution < -0.4 is 5.32 Å². The van der Waals surface area contributed by atoms with Crippen molar-refractivity contribution >= 4 is 0 Å². The molecular weight excluding hydrogens is 208 g/mol. The molecule has 0 aromatic heterocycles. The molecule has 0 radical (unpaired) electrons. The molecule has 17 heavy (non-hydrogen) atoms. The van der Waals surface area contributed by atoms with Crippen molar-refractivity contribution < 1.29 is 0 Å². The molecule has 2 heteroatoms. The summed E-state index contributed by atoms with van der Waals surface area (Å²) < 4.78 is 0.